The molecule has 2 rings (SSSR count). The third-order valence-corrected chi connectivity index (χ3v) is 2.84. The van der Waals surface area contributed by atoms with Gasteiger partial charge in [-0.1, -0.05) is 19.8 Å². The second-order valence-corrected chi connectivity index (χ2v) is 4.11. The van der Waals surface area contributed by atoms with Crippen LogP contribution < -0.4 is 0 Å². The van der Waals surface area contributed by atoms with Crippen molar-refractivity contribution in [3.8, 4) is 6.01 Å². The molecule has 0 saturated carbocycles. The summed E-state index contributed by atoms with van der Waals surface area (Å²) in [5.74, 6) is -1.04. The number of carboxylic acids is 1. The molecular weight excluding hydrogens is 234 g/mol. The molecule has 0 unspecified atom stereocenters. The molecule has 0 aliphatic heterocycles. The highest BCUT2D eigenvalue weighted by Crippen LogP contribution is 2.23. The highest BCUT2D eigenvalue weighted by molar-refractivity contribution is 6.00. The van der Waals surface area contributed by atoms with E-state index in [2.05, 4.69) is 16.9 Å². The highest BCUT2D eigenvalue weighted by atomic mass is 16.4. The SMILES string of the molecule is CCCCCn1c(O)nc2nccc(C(=O)O)c21. The monoisotopic (exact) mass is 249 g/mol. The van der Waals surface area contributed by atoms with Crippen LogP contribution in [0.15, 0.2) is 12.3 Å². The zero-order valence-corrected chi connectivity index (χ0v) is 10.1. The number of fused-ring (bicyclic) bond motifs is 1. The number of carbonyl (C=O) groups is 1. The lowest BCUT2D eigenvalue weighted by Crippen LogP contribution is -2.04. The lowest BCUT2D eigenvalue weighted by molar-refractivity contribution is 0.0698. The lowest BCUT2D eigenvalue weighted by Gasteiger charge is -2.06. The fraction of sp³-hybridized carbons (Fsp3) is 0.417. The number of aromatic hydroxyl groups is 1. The fourth-order valence-corrected chi connectivity index (χ4v) is 1.95. The van der Waals surface area contributed by atoms with Crippen LogP contribution in [0.4, 0.5) is 0 Å². The Morgan fingerprint density at radius 2 is 2.22 bits per heavy atom. The van der Waals surface area contributed by atoms with Gasteiger partial charge in [0.15, 0.2) is 5.65 Å². The third kappa shape index (κ3) is 2.13. The summed E-state index contributed by atoms with van der Waals surface area (Å²) in [6.07, 6.45) is 4.32. The topological polar surface area (TPSA) is 88.2 Å². The first-order valence-electron chi connectivity index (χ1n) is 5.92. The summed E-state index contributed by atoms with van der Waals surface area (Å²) in [7, 11) is 0. The molecule has 0 spiro atoms. The number of aryl methyl sites for hydroxylation is 1. The summed E-state index contributed by atoms with van der Waals surface area (Å²) >= 11 is 0. The average Bonchev–Trinajstić information content (AvgIpc) is 2.65. The summed E-state index contributed by atoms with van der Waals surface area (Å²) in [6.45, 7) is 2.62. The molecule has 0 fully saturated rings. The van der Waals surface area contributed by atoms with Crippen LogP contribution in [0.25, 0.3) is 11.2 Å². The number of hydrogen-bond acceptors (Lipinski definition) is 4. The van der Waals surface area contributed by atoms with Gasteiger partial charge in [0, 0.05) is 12.7 Å². The van der Waals surface area contributed by atoms with E-state index in [0.717, 1.165) is 19.3 Å². The van der Waals surface area contributed by atoms with Crippen LogP contribution >= 0.6 is 0 Å². The Morgan fingerprint density at radius 1 is 1.44 bits per heavy atom. The Labute approximate surface area is 104 Å². The first kappa shape index (κ1) is 12.3. The Bertz CT molecular complexity index is 577. The first-order valence-corrected chi connectivity index (χ1v) is 5.92. The molecule has 0 aromatic carbocycles. The molecule has 96 valence electrons. The minimum atomic E-state index is -1.04. The second-order valence-electron chi connectivity index (χ2n) is 4.11. The van der Waals surface area contributed by atoms with E-state index in [0.29, 0.717) is 12.1 Å². The zero-order chi connectivity index (χ0) is 13.1. The molecule has 0 aliphatic carbocycles. The molecule has 0 aliphatic rings. The molecule has 0 saturated heterocycles. The smallest absolute Gasteiger partial charge is 0.338 e. The van der Waals surface area contributed by atoms with E-state index >= 15 is 0 Å². The average molecular weight is 249 g/mol. The molecular formula is C12H15N3O3. The molecule has 0 atom stereocenters. The summed E-state index contributed by atoms with van der Waals surface area (Å²) in [5.41, 5.74) is 0.770. The number of imidazole rings is 1. The lowest BCUT2D eigenvalue weighted by atomic mass is 10.2. The van der Waals surface area contributed by atoms with Crippen LogP contribution in [0.5, 0.6) is 6.01 Å². The van der Waals surface area contributed by atoms with E-state index in [1.807, 2.05) is 0 Å². The summed E-state index contributed by atoms with van der Waals surface area (Å²) in [6, 6.07) is 1.24. The van der Waals surface area contributed by atoms with Crippen LogP contribution in [0.1, 0.15) is 36.5 Å². The van der Waals surface area contributed by atoms with Crippen molar-refractivity contribution >= 4 is 17.1 Å². The number of unbranched alkanes of at least 4 members (excludes halogenated alkanes) is 2. The summed E-state index contributed by atoms with van der Waals surface area (Å²) in [5, 5.41) is 18.9. The molecule has 0 radical (unpaired) electrons. The third-order valence-electron chi connectivity index (χ3n) is 2.84. The predicted molar refractivity (Wildman–Crippen MR) is 65.7 cm³/mol. The molecule has 2 aromatic heterocycles. The number of aromatic nitrogens is 3. The number of hydrogen-bond donors (Lipinski definition) is 2. The number of rotatable bonds is 5. The number of aromatic carboxylic acids is 1. The van der Waals surface area contributed by atoms with Gasteiger partial charge in [-0.2, -0.15) is 4.98 Å². The van der Waals surface area contributed by atoms with Gasteiger partial charge in [0.2, 0.25) is 0 Å². The van der Waals surface area contributed by atoms with Crippen molar-refractivity contribution in [3.05, 3.63) is 17.8 Å². The minimum absolute atomic E-state index is 0.115. The number of pyridine rings is 1. The molecule has 6 nitrogen and oxygen atoms in total. The van der Waals surface area contributed by atoms with E-state index in [1.165, 1.54) is 16.8 Å². The Balaban J connectivity index is 2.49. The molecule has 18 heavy (non-hydrogen) atoms. The van der Waals surface area contributed by atoms with Gasteiger partial charge in [-0.3, -0.25) is 4.57 Å². The minimum Gasteiger partial charge on any atom is -0.480 e. The van der Waals surface area contributed by atoms with Gasteiger partial charge in [-0.25, -0.2) is 9.78 Å². The van der Waals surface area contributed by atoms with Gasteiger partial charge >= 0.3 is 5.97 Å². The molecule has 2 heterocycles. The molecule has 0 amide bonds. The molecule has 6 heteroatoms. The zero-order valence-electron chi connectivity index (χ0n) is 10.1. The van der Waals surface area contributed by atoms with Crippen molar-refractivity contribution in [2.75, 3.05) is 0 Å². The predicted octanol–water partition coefficient (Wildman–Crippen LogP) is 2.03. The van der Waals surface area contributed by atoms with E-state index in [9.17, 15) is 9.90 Å². The van der Waals surface area contributed by atoms with Crippen molar-refractivity contribution in [3.63, 3.8) is 0 Å². The van der Waals surface area contributed by atoms with E-state index in [1.54, 1.807) is 0 Å². The van der Waals surface area contributed by atoms with Crippen LogP contribution in [-0.2, 0) is 6.54 Å². The number of nitrogens with zero attached hydrogens (tertiary/aromatic N) is 3. The van der Waals surface area contributed by atoms with Gasteiger partial charge < -0.3 is 10.2 Å². The van der Waals surface area contributed by atoms with E-state index < -0.39 is 5.97 Å². The fourth-order valence-electron chi connectivity index (χ4n) is 1.95. The first-order chi connectivity index (χ1) is 8.65. The quantitative estimate of drug-likeness (QED) is 0.791. The normalized spacial score (nSPS) is 10.9. The van der Waals surface area contributed by atoms with Crippen molar-refractivity contribution in [1.29, 1.82) is 0 Å². The van der Waals surface area contributed by atoms with Gasteiger partial charge in [0.1, 0.15) is 5.52 Å². The van der Waals surface area contributed by atoms with Gasteiger partial charge in [0.25, 0.3) is 6.01 Å². The van der Waals surface area contributed by atoms with Crippen molar-refractivity contribution in [2.24, 2.45) is 0 Å². The maximum atomic E-state index is 11.2. The van der Waals surface area contributed by atoms with Crippen LogP contribution in [-0.4, -0.2) is 30.7 Å². The van der Waals surface area contributed by atoms with Crippen LogP contribution in [0.3, 0.4) is 0 Å². The molecule has 0 bridgehead atoms. The van der Waals surface area contributed by atoms with Crippen LogP contribution in [0.2, 0.25) is 0 Å². The number of carboxylic acid groups (broad SMARTS) is 1. The van der Waals surface area contributed by atoms with Crippen LogP contribution in [0, 0.1) is 0 Å². The van der Waals surface area contributed by atoms with Gasteiger partial charge in [-0.15, -0.1) is 0 Å². The maximum Gasteiger partial charge on any atom is 0.338 e. The second kappa shape index (κ2) is 5.03. The maximum absolute atomic E-state index is 11.2. The summed E-state index contributed by atoms with van der Waals surface area (Å²) < 4.78 is 1.52. The molecule has 2 aromatic rings. The standard InChI is InChI=1S/C12H15N3O3/c1-2-3-4-7-15-9-8(11(16)17)5-6-13-10(9)14-12(15)18/h5-6H,2-4,7H2,1H3,(H,16,17)(H,13,14,18). The Hall–Kier alpha value is -2.11. The van der Waals surface area contributed by atoms with E-state index in [4.69, 9.17) is 5.11 Å². The largest absolute Gasteiger partial charge is 0.480 e. The van der Waals surface area contributed by atoms with Gasteiger partial charge in [-0.05, 0) is 12.5 Å². The highest BCUT2D eigenvalue weighted by Gasteiger charge is 2.17. The van der Waals surface area contributed by atoms with Crippen molar-refractivity contribution in [1.82, 2.24) is 14.5 Å². The van der Waals surface area contributed by atoms with E-state index in [-0.39, 0.29) is 17.2 Å². The van der Waals surface area contributed by atoms with Crippen molar-refractivity contribution < 1.29 is 15.0 Å². The Morgan fingerprint density at radius 3 is 2.89 bits per heavy atom. The Kier molecular flexibility index (Phi) is 3.45. The van der Waals surface area contributed by atoms with Gasteiger partial charge in [0.05, 0.1) is 5.56 Å². The molecule has 2 N–H and O–H groups in total. The summed E-state index contributed by atoms with van der Waals surface area (Å²) in [4.78, 5) is 19.0. The van der Waals surface area contributed by atoms with Crippen molar-refractivity contribution in [2.45, 2.75) is 32.7 Å².